The van der Waals surface area contributed by atoms with Crippen molar-refractivity contribution in [2.24, 2.45) is 0 Å². The van der Waals surface area contributed by atoms with Crippen LogP contribution in [0.1, 0.15) is 41.6 Å². The molecule has 0 aromatic carbocycles. The van der Waals surface area contributed by atoms with Gasteiger partial charge in [-0.2, -0.15) is 0 Å². The number of rotatable bonds is 8. The molecule has 0 aliphatic carbocycles. The fourth-order valence-corrected chi connectivity index (χ4v) is 4.63. The highest BCUT2D eigenvalue weighted by Crippen LogP contribution is 2.23. The number of pyridine rings is 3. The molecular weight excluding hydrogens is 484 g/mol. The van der Waals surface area contributed by atoms with Gasteiger partial charge < -0.3 is 15.4 Å². The van der Waals surface area contributed by atoms with Crippen molar-refractivity contribution in [1.82, 2.24) is 29.7 Å². The third kappa shape index (κ3) is 5.53. The van der Waals surface area contributed by atoms with Crippen LogP contribution in [0, 0.1) is 6.92 Å². The topological polar surface area (TPSA) is 127 Å². The van der Waals surface area contributed by atoms with Crippen LogP contribution in [0.5, 0.6) is 0 Å². The van der Waals surface area contributed by atoms with Crippen molar-refractivity contribution < 1.29 is 14.3 Å². The molecule has 1 aliphatic rings. The average Bonchev–Trinajstić information content (AvgIpc) is 3.52. The molecule has 4 aromatic rings. The number of amides is 2. The van der Waals surface area contributed by atoms with E-state index in [2.05, 4.69) is 42.7 Å². The number of nitrogens with zero attached hydrogens (tertiary/aromatic N) is 6. The van der Waals surface area contributed by atoms with Crippen LogP contribution in [0.15, 0.2) is 48.9 Å². The van der Waals surface area contributed by atoms with E-state index in [9.17, 15) is 9.59 Å². The first kappa shape index (κ1) is 25.4. The molecule has 0 spiro atoms. The normalized spacial score (nSPS) is 15.6. The Labute approximate surface area is 220 Å². The van der Waals surface area contributed by atoms with Gasteiger partial charge in [-0.05, 0) is 63.1 Å². The zero-order valence-electron chi connectivity index (χ0n) is 21.6. The van der Waals surface area contributed by atoms with E-state index in [-0.39, 0.29) is 11.6 Å². The lowest BCUT2D eigenvalue weighted by Crippen LogP contribution is -2.35. The van der Waals surface area contributed by atoms with E-state index in [0.717, 1.165) is 36.2 Å². The van der Waals surface area contributed by atoms with Gasteiger partial charge in [0.1, 0.15) is 0 Å². The molecule has 2 amide bonds. The molecule has 1 saturated heterocycles. The Morgan fingerprint density at radius 3 is 2.79 bits per heavy atom. The molecule has 11 nitrogen and oxygen atoms in total. The number of aryl methyl sites for hydroxylation is 1. The van der Waals surface area contributed by atoms with E-state index in [1.807, 2.05) is 30.5 Å². The van der Waals surface area contributed by atoms with Gasteiger partial charge in [-0.3, -0.25) is 24.5 Å². The van der Waals surface area contributed by atoms with E-state index in [1.54, 1.807) is 37.0 Å². The van der Waals surface area contributed by atoms with Crippen LogP contribution in [0.25, 0.3) is 16.6 Å². The predicted molar refractivity (Wildman–Crippen MR) is 143 cm³/mol. The lowest BCUT2D eigenvalue weighted by molar-refractivity contribution is -0.117. The minimum Gasteiger partial charge on any atom is -0.378 e. The number of anilines is 2. The zero-order chi connectivity index (χ0) is 26.6. The standard InChI is InChI=1S/C27H30N8O3/c1-17-5-4-10-34(17)15-25(36)30-21-12-23(18(2)29-13-21)31-27(37)26-24-7-6-20(14-35(24)33-32-26)19-8-9-28-22(11-19)16-38-3/h6-9,11-14,17H,4-5,10,15-16H2,1-3H3,(H,30,36)(H,31,37)/t17-/m0/s1. The highest BCUT2D eigenvalue weighted by atomic mass is 16.5. The Morgan fingerprint density at radius 1 is 1.13 bits per heavy atom. The minimum absolute atomic E-state index is 0.106. The molecule has 2 N–H and O–H groups in total. The van der Waals surface area contributed by atoms with Gasteiger partial charge >= 0.3 is 0 Å². The summed E-state index contributed by atoms with van der Waals surface area (Å²) in [5.74, 6) is -0.524. The summed E-state index contributed by atoms with van der Waals surface area (Å²) in [6, 6.07) is 9.67. The Bertz CT molecular complexity index is 1480. The van der Waals surface area contributed by atoms with Gasteiger partial charge in [-0.1, -0.05) is 11.3 Å². The number of aromatic nitrogens is 5. The van der Waals surface area contributed by atoms with Crippen LogP contribution in [0.3, 0.4) is 0 Å². The summed E-state index contributed by atoms with van der Waals surface area (Å²) in [6.45, 7) is 5.59. The molecule has 0 radical (unpaired) electrons. The van der Waals surface area contributed by atoms with Crippen LogP contribution in [0.4, 0.5) is 11.4 Å². The summed E-state index contributed by atoms with van der Waals surface area (Å²) in [5, 5.41) is 14.0. The molecule has 4 aromatic heterocycles. The number of likely N-dealkylation sites (tertiary alicyclic amines) is 1. The van der Waals surface area contributed by atoms with E-state index in [0.29, 0.717) is 41.8 Å². The summed E-state index contributed by atoms with van der Waals surface area (Å²) in [5.41, 5.74) is 5.05. The average molecular weight is 515 g/mol. The largest absolute Gasteiger partial charge is 0.378 e. The summed E-state index contributed by atoms with van der Waals surface area (Å²) in [7, 11) is 1.63. The van der Waals surface area contributed by atoms with Crippen molar-refractivity contribution >= 4 is 28.7 Å². The second kappa shape index (κ2) is 11.0. The summed E-state index contributed by atoms with van der Waals surface area (Å²) in [4.78, 5) is 36.5. The Balaban J connectivity index is 1.30. The molecular formula is C27H30N8O3. The maximum atomic E-state index is 13.1. The third-order valence-electron chi connectivity index (χ3n) is 6.73. The molecule has 5 heterocycles. The number of methoxy groups -OCH3 is 1. The van der Waals surface area contributed by atoms with Crippen LogP contribution >= 0.6 is 0 Å². The first-order valence-electron chi connectivity index (χ1n) is 12.5. The second-order valence-electron chi connectivity index (χ2n) is 9.48. The van der Waals surface area contributed by atoms with Crippen LogP contribution < -0.4 is 10.6 Å². The molecule has 196 valence electrons. The number of hydrogen-bond donors (Lipinski definition) is 2. The number of ether oxygens (including phenoxy) is 1. The molecule has 11 heteroatoms. The first-order chi connectivity index (χ1) is 18.4. The highest BCUT2D eigenvalue weighted by Gasteiger charge is 2.22. The van der Waals surface area contributed by atoms with Crippen LogP contribution in [0.2, 0.25) is 0 Å². The SMILES string of the molecule is COCc1cc(-c2ccc3c(C(=O)Nc4cc(NC(=O)CN5CCC[C@@H]5C)cnc4C)nnn3c2)ccn1. The van der Waals surface area contributed by atoms with Crippen molar-refractivity contribution in [1.29, 1.82) is 0 Å². The van der Waals surface area contributed by atoms with Crippen molar-refractivity contribution in [3.8, 4) is 11.1 Å². The van der Waals surface area contributed by atoms with Gasteiger partial charge in [0.05, 0.1) is 47.6 Å². The van der Waals surface area contributed by atoms with Crippen molar-refractivity contribution in [3.63, 3.8) is 0 Å². The molecule has 5 rings (SSSR count). The maximum Gasteiger partial charge on any atom is 0.278 e. The van der Waals surface area contributed by atoms with Gasteiger partial charge in [0, 0.05) is 31.1 Å². The Morgan fingerprint density at radius 2 is 2.00 bits per heavy atom. The van der Waals surface area contributed by atoms with E-state index in [4.69, 9.17) is 4.74 Å². The molecule has 1 fully saturated rings. The van der Waals surface area contributed by atoms with E-state index >= 15 is 0 Å². The lowest BCUT2D eigenvalue weighted by Gasteiger charge is -2.20. The summed E-state index contributed by atoms with van der Waals surface area (Å²) < 4.78 is 6.74. The van der Waals surface area contributed by atoms with Gasteiger partial charge in [0.2, 0.25) is 5.91 Å². The molecule has 0 unspecified atom stereocenters. The van der Waals surface area contributed by atoms with Crippen molar-refractivity contribution in [3.05, 3.63) is 66.0 Å². The first-order valence-corrected chi connectivity index (χ1v) is 12.5. The number of hydrogen-bond acceptors (Lipinski definition) is 8. The van der Waals surface area contributed by atoms with Crippen LogP contribution in [-0.4, -0.2) is 67.8 Å². The number of carbonyl (C=O) groups excluding carboxylic acids is 2. The third-order valence-corrected chi connectivity index (χ3v) is 6.73. The van der Waals surface area contributed by atoms with Gasteiger partial charge in [-0.25, -0.2) is 4.52 Å². The van der Waals surface area contributed by atoms with Crippen molar-refractivity contribution in [2.45, 2.75) is 39.3 Å². The summed E-state index contributed by atoms with van der Waals surface area (Å²) in [6.07, 6.45) is 7.34. The number of nitrogens with one attached hydrogen (secondary N) is 2. The molecule has 1 atom stereocenters. The van der Waals surface area contributed by atoms with Gasteiger partial charge in [-0.15, -0.1) is 5.10 Å². The Kier molecular flexibility index (Phi) is 7.38. The fourth-order valence-electron chi connectivity index (χ4n) is 4.63. The van der Waals surface area contributed by atoms with E-state index in [1.165, 1.54) is 0 Å². The highest BCUT2D eigenvalue weighted by molar-refractivity contribution is 6.08. The monoisotopic (exact) mass is 514 g/mol. The maximum absolute atomic E-state index is 13.1. The minimum atomic E-state index is -0.418. The quantitative estimate of drug-likeness (QED) is 0.367. The van der Waals surface area contributed by atoms with Crippen molar-refractivity contribution in [2.75, 3.05) is 30.8 Å². The smallest absolute Gasteiger partial charge is 0.278 e. The molecule has 0 saturated carbocycles. The summed E-state index contributed by atoms with van der Waals surface area (Å²) >= 11 is 0. The van der Waals surface area contributed by atoms with Gasteiger partial charge in [0.25, 0.3) is 5.91 Å². The van der Waals surface area contributed by atoms with Crippen LogP contribution in [-0.2, 0) is 16.1 Å². The Hall–Kier alpha value is -4.22. The molecule has 0 bridgehead atoms. The molecule has 38 heavy (non-hydrogen) atoms. The number of fused-ring (bicyclic) bond motifs is 1. The predicted octanol–water partition coefficient (Wildman–Crippen LogP) is 3.32. The van der Waals surface area contributed by atoms with Gasteiger partial charge in [0.15, 0.2) is 5.69 Å². The second-order valence-corrected chi connectivity index (χ2v) is 9.48. The van der Waals surface area contributed by atoms with E-state index < -0.39 is 5.91 Å². The zero-order valence-corrected chi connectivity index (χ0v) is 21.6. The molecule has 1 aliphatic heterocycles. The lowest BCUT2D eigenvalue weighted by atomic mass is 10.1. The number of carbonyl (C=O) groups is 2. The fraction of sp³-hybridized carbons (Fsp3) is 0.333.